The van der Waals surface area contributed by atoms with E-state index in [1.165, 1.54) is 6.42 Å². The van der Waals surface area contributed by atoms with Gasteiger partial charge in [0.1, 0.15) is 0 Å². The molecule has 0 heterocycles. The number of ketones is 1. The number of hydrogen-bond acceptors (Lipinski definition) is 1. The third-order valence-electron chi connectivity index (χ3n) is 3.31. The van der Waals surface area contributed by atoms with Gasteiger partial charge in [-0.1, -0.05) is 39.0 Å². The number of carbonyl (C=O) groups excluding carboxylic acids is 1. The molecule has 0 spiro atoms. The van der Waals surface area contributed by atoms with Crippen molar-refractivity contribution >= 4 is 5.78 Å². The Kier molecular flexibility index (Phi) is 3.90. The molecule has 84 valence electrons. The summed E-state index contributed by atoms with van der Waals surface area (Å²) in [6.07, 6.45) is 7.92. The molecule has 0 radical (unpaired) electrons. The molecule has 0 aromatic carbocycles. The van der Waals surface area contributed by atoms with Crippen LogP contribution >= 0.6 is 0 Å². The minimum Gasteiger partial charge on any atom is -0.294 e. The molecule has 1 rings (SSSR count). The summed E-state index contributed by atoms with van der Waals surface area (Å²) in [6.45, 7) is 10.5. The van der Waals surface area contributed by atoms with Crippen molar-refractivity contribution in [3.8, 4) is 0 Å². The van der Waals surface area contributed by atoms with Crippen molar-refractivity contribution < 1.29 is 4.79 Å². The van der Waals surface area contributed by atoms with Crippen LogP contribution in [0.4, 0.5) is 0 Å². The van der Waals surface area contributed by atoms with Crippen molar-refractivity contribution in [2.75, 3.05) is 0 Å². The zero-order valence-corrected chi connectivity index (χ0v) is 10.2. The zero-order chi connectivity index (χ0) is 11.5. The van der Waals surface area contributed by atoms with E-state index in [1.54, 1.807) is 6.08 Å². The van der Waals surface area contributed by atoms with Gasteiger partial charge in [-0.25, -0.2) is 0 Å². The van der Waals surface area contributed by atoms with Gasteiger partial charge in [-0.3, -0.25) is 4.79 Å². The van der Waals surface area contributed by atoms with Gasteiger partial charge in [0.25, 0.3) is 0 Å². The Balaban J connectivity index is 2.83. The molecule has 0 N–H and O–H groups in total. The fraction of sp³-hybridized carbons (Fsp3) is 0.643. The number of carbonyl (C=O) groups is 1. The Hall–Kier alpha value is -0.850. The summed E-state index contributed by atoms with van der Waals surface area (Å²) >= 11 is 0. The molecule has 1 atom stereocenters. The Labute approximate surface area is 93.3 Å². The van der Waals surface area contributed by atoms with Gasteiger partial charge < -0.3 is 0 Å². The Morgan fingerprint density at radius 2 is 2.27 bits per heavy atom. The lowest BCUT2D eigenvalue weighted by Gasteiger charge is -2.38. The van der Waals surface area contributed by atoms with E-state index in [4.69, 9.17) is 0 Å². The maximum atomic E-state index is 12.0. The molecule has 0 saturated heterocycles. The van der Waals surface area contributed by atoms with E-state index < -0.39 is 0 Å². The minimum absolute atomic E-state index is 0.0362. The Bertz CT molecular complexity index is 284. The van der Waals surface area contributed by atoms with Gasteiger partial charge >= 0.3 is 0 Å². The van der Waals surface area contributed by atoms with Crippen molar-refractivity contribution in [3.05, 3.63) is 24.3 Å². The third-order valence-corrected chi connectivity index (χ3v) is 3.31. The molecule has 0 aliphatic heterocycles. The van der Waals surface area contributed by atoms with Crippen LogP contribution in [0.2, 0.25) is 0 Å². The Morgan fingerprint density at radius 3 is 2.80 bits per heavy atom. The van der Waals surface area contributed by atoms with E-state index in [0.29, 0.717) is 0 Å². The zero-order valence-electron chi connectivity index (χ0n) is 10.2. The molecule has 0 aromatic rings. The fourth-order valence-corrected chi connectivity index (χ4v) is 2.53. The van der Waals surface area contributed by atoms with E-state index in [1.807, 2.05) is 13.0 Å². The predicted octanol–water partition coefficient (Wildman–Crippen LogP) is 3.90. The first-order valence-corrected chi connectivity index (χ1v) is 5.87. The molecular formula is C14H22O. The topological polar surface area (TPSA) is 17.1 Å². The normalized spacial score (nSPS) is 25.8. The predicted molar refractivity (Wildman–Crippen MR) is 64.7 cm³/mol. The molecule has 1 nitrogen and oxygen atoms in total. The molecule has 0 amide bonds. The summed E-state index contributed by atoms with van der Waals surface area (Å²) in [6, 6.07) is 0. The molecule has 0 aromatic heterocycles. The molecule has 15 heavy (non-hydrogen) atoms. The first kappa shape index (κ1) is 12.2. The maximum absolute atomic E-state index is 12.0. The van der Waals surface area contributed by atoms with Gasteiger partial charge in [0.2, 0.25) is 0 Å². The smallest absolute Gasteiger partial charge is 0.162 e. The van der Waals surface area contributed by atoms with Crippen molar-refractivity contribution in [1.29, 1.82) is 0 Å². The standard InChI is InChI=1S/C14H22O/c1-5-6-9-12(15)13-11(2)8-7-10-14(13,3)4/h6,9,13H,2,5,7-8,10H2,1,3-4H3. The van der Waals surface area contributed by atoms with Gasteiger partial charge in [-0.05, 0) is 37.2 Å². The van der Waals surface area contributed by atoms with Crippen molar-refractivity contribution in [1.82, 2.24) is 0 Å². The van der Waals surface area contributed by atoms with Crippen LogP contribution in [0.1, 0.15) is 46.5 Å². The minimum atomic E-state index is 0.0362. The van der Waals surface area contributed by atoms with Gasteiger partial charge in [0, 0.05) is 5.92 Å². The summed E-state index contributed by atoms with van der Waals surface area (Å²) in [5, 5.41) is 0. The van der Waals surface area contributed by atoms with Crippen LogP contribution in [0.25, 0.3) is 0 Å². The van der Waals surface area contributed by atoms with Crippen LogP contribution in [0.15, 0.2) is 24.3 Å². The quantitative estimate of drug-likeness (QED) is 0.505. The second-order valence-corrected chi connectivity index (χ2v) is 5.15. The second-order valence-electron chi connectivity index (χ2n) is 5.15. The monoisotopic (exact) mass is 206 g/mol. The van der Waals surface area contributed by atoms with Gasteiger partial charge in [-0.15, -0.1) is 0 Å². The van der Waals surface area contributed by atoms with E-state index in [-0.39, 0.29) is 17.1 Å². The second kappa shape index (κ2) is 4.78. The molecule has 1 heteroatoms. The van der Waals surface area contributed by atoms with E-state index >= 15 is 0 Å². The highest BCUT2D eigenvalue weighted by Crippen LogP contribution is 2.43. The lowest BCUT2D eigenvalue weighted by molar-refractivity contribution is -0.120. The summed E-state index contributed by atoms with van der Waals surface area (Å²) in [5.41, 5.74) is 1.21. The molecule has 0 bridgehead atoms. The van der Waals surface area contributed by atoms with E-state index in [0.717, 1.165) is 24.8 Å². The summed E-state index contributed by atoms with van der Waals surface area (Å²) in [4.78, 5) is 12.0. The SMILES string of the molecule is C=C1CCCC(C)(C)C1C(=O)C=CCC. The van der Waals surface area contributed by atoms with Crippen molar-refractivity contribution in [2.24, 2.45) is 11.3 Å². The highest BCUT2D eigenvalue weighted by Gasteiger charge is 2.38. The summed E-state index contributed by atoms with van der Waals surface area (Å²) in [7, 11) is 0. The first-order chi connectivity index (χ1) is 6.99. The van der Waals surface area contributed by atoms with E-state index in [9.17, 15) is 4.79 Å². The van der Waals surface area contributed by atoms with Crippen LogP contribution in [-0.2, 0) is 4.79 Å². The Morgan fingerprint density at radius 1 is 1.60 bits per heavy atom. The molecular weight excluding hydrogens is 184 g/mol. The highest BCUT2D eigenvalue weighted by molar-refractivity contribution is 5.94. The molecule has 1 aliphatic rings. The van der Waals surface area contributed by atoms with Crippen LogP contribution in [0, 0.1) is 11.3 Å². The summed E-state index contributed by atoms with van der Waals surface area (Å²) < 4.78 is 0. The van der Waals surface area contributed by atoms with Crippen LogP contribution < -0.4 is 0 Å². The third kappa shape index (κ3) is 2.80. The lowest BCUT2D eigenvalue weighted by Crippen LogP contribution is -2.34. The van der Waals surface area contributed by atoms with Crippen LogP contribution in [-0.4, -0.2) is 5.78 Å². The largest absolute Gasteiger partial charge is 0.294 e. The number of hydrogen-bond donors (Lipinski definition) is 0. The molecule has 1 aliphatic carbocycles. The average molecular weight is 206 g/mol. The van der Waals surface area contributed by atoms with Gasteiger partial charge in [0.05, 0.1) is 0 Å². The number of allylic oxidation sites excluding steroid dienone is 3. The summed E-state index contributed by atoms with van der Waals surface area (Å²) in [5.74, 6) is 0.278. The lowest BCUT2D eigenvalue weighted by atomic mass is 9.65. The molecule has 1 fully saturated rings. The number of rotatable bonds is 3. The fourth-order valence-electron chi connectivity index (χ4n) is 2.53. The average Bonchev–Trinajstić information content (AvgIpc) is 2.13. The first-order valence-electron chi connectivity index (χ1n) is 5.87. The van der Waals surface area contributed by atoms with Crippen molar-refractivity contribution in [2.45, 2.75) is 46.5 Å². The van der Waals surface area contributed by atoms with Gasteiger partial charge in [-0.2, -0.15) is 0 Å². The van der Waals surface area contributed by atoms with E-state index in [2.05, 4.69) is 20.4 Å². The highest BCUT2D eigenvalue weighted by atomic mass is 16.1. The van der Waals surface area contributed by atoms with Crippen molar-refractivity contribution in [3.63, 3.8) is 0 Å². The molecule has 1 unspecified atom stereocenters. The van der Waals surface area contributed by atoms with Crippen LogP contribution in [0.3, 0.4) is 0 Å². The maximum Gasteiger partial charge on any atom is 0.162 e. The molecule has 1 saturated carbocycles. The van der Waals surface area contributed by atoms with Gasteiger partial charge in [0.15, 0.2) is 5.78 Å². The van der Waals surface area contributed by atoms with Crippen LogP contribution in [0.5, 0.6) is 0 Å².